The van der Waals surface area contributed by atoms with Crippen molar-refractivity contribution in [3.05, 3.63) is 42.0 Å². The zero-order chi connectivity index (χ0) is 14.4. The fourth-order valence-corrected chi connectivity index (χ4v) is 1.74. The molecular weight excluding hydrogens is 259 g/mol. The molecular formula is C14H17FN4O. The lowest BCUT2D eigenvalue weighted by atomic mass is 10.2. The quantitative estimate of drug-likeness (QED) is 0.660. The molecule has 2 N–H and O–H groups in total. The van der Waals surface area contributed by atoms with Crippen molar-refractivity contribution in [3.8, 4) is 11.5 Å². The van der Waals surface area contributed by atoms with Gasteiger partial charge >= 0.3 is 0 Å². The highest BCUT2D eigenvalue weighted by molar-refractivity contribution is 5.79. The third-order valence-corrected chi connectivity index (χ3v) is 2.78. The van der Waals surface area contributed by atoms with Crippen molar-refractivity contribution in [2.45, 2.75) is 6.42 Å². The number of aromatic nitrogens is 1. The van der Waals surface area contributed by atoms with E-state index < -0.39 is 0 Å². The van der Waals surface area contributed by atoms with Crippen LogP contribution in [0.25, 0.3) is 11.5 Å². The predicted octanol–water partition coefficient (Wildman–Crippen LogP) is 1.82. The highest BCUT2D eigenvalue weighted by Crippen LogP contribution is 2.18. The second-order valence-corrected chi connectivity index (χ2v) is 4.15. The minimum absolute atomic E-state index is 0.275. The first-order valence-electron chi connectivity index (χ1n) is 6.31. The Morgan fingerprint density at radius 3 is 2.75 bits per heavy atom. The number of oxazole rings is 1. The van der Waals surface area contributed by atoms with Crippen LogP contribution >= 0.6 is 0 Å². The lowest BCUT2D eigenvalue weighted by Gasteiger charge is -2.06. The first-order chi connectivity index (χ1) is 9.72. The molecule has 2 aromatic rings. The van der Waals surface area contributed by atoms with Gasteiger partial charge in [-0.15, -0.1) is 0 Å². The van der Waals surface area contributed by atoms with Gasteiger partial charge in [0, 0.05) is 32.6 Å². The van der Waals surface area contributed by atoms with Crippen LogP contribution in [0, 0.1) is 5.82 Å². The molecule has 0 saturated heterocycles. The number of guanidine groups is 1. The summed E-state index contributed by atoms with van der Waals surface area (Å²) in [4.78, 5) is 8.38. The Morgan fingerprint density at radius 1 is 1.35 bits per heavy atom. The van der Waals surface area contributed by atoms with Gasteiger partial charge in [0.1, 0.15) is 12.1 Å². The Hall–Kier alpha value is -2.37. The zero-order valence-corrected chi connectivity index (χ0v) is 11.5. The molecule has 0 amide bonds. The third kappa shape index (κ3) is 3.57. The van der Waals surface area contributed by atoms with Crippen LogP contribution in [0.2, 0.25) is 0 Å². The SMILES string of the molecule is CN=C(NC)NCCc1coc(-c2ccc(F)cc2)n1. The van der Waals surface area contributed by atoms with Gasteiger partial charge in [-0.1, -0.05) is 0 Å². The number of rotatable bonds is 4. The van der Waals surface area contributed by atoms with Crippen LogP contribution in [0.4, 0.5) is 4.39 Å². The van der Waals surface area contributed by atoms with Crippen molar-refractivity contribution in [3.63, 3.8) is 0 Å². The summed E-state index contributed by atoms with van der Waals surface area (Å²) in [6.45, 7) is 0.697. The second-order valence-electron chi connectivity index (χ2n) is 4.15. The van der Waals surface area contributed by atoms with Crippen LogP contribution in [0.15, 0.2) is 39.9 Å². The van der Waals surface area contributed by atoms with Crippen molar-refractivity contribution in [1.82, 2.24) is 15.6 Å². The van der Waals surface area contributed by atoms with Crippen LogP contribution in [-0.2, 0) is 6.42 Å². The molecule has 1 heterocycles. The number of benzene rings is 1. The van der Waals surface area contributed by atoms with Gasteiger partial charge in [-0.25, -0.2) is 9.37 Å². The average Bonchev–Trinajstić information content (AvgIpc) is 2.93. The molecule has 2 rings (SSSR count). The summed E-state index contributed by atoms with van der Waals surface area (Å²) in [7, 11) is 3.51. The molecule has 0 unspecified atom stereocenters. The summed E-state index contributed by atoms with van der Waals surface area (Å²) in [6.07, 6.45) is 2.33. The molecule has 0 aliphatic heterocycles. The molecule has 1 aromatic heterocycles. The van der Waals surface area contributed by atoms with Crippen molar-refractivity contribution in [2.75, 3.05) is 20.6 Å². The molecule has 6 heteroatoms. The zero-order valence-electron chi connectivity index (χ0n) is 11.5. The van der Waals surface area contributed by atoms with Crippen molar-refractivity contribution < 1.29 is 8.81 Å². The van der Waals surface area contributed by atoms with E-state index >= 15 is 0 Å². The van der Waals surface area contributed by atoms with E-state index in [0.29, 0.717) is 18.9 Å². The first kappa shape index (κ1) is 14.0. The molecule has 0 radical (unpaired) electrons. The summed E-state index contributed by atoms with van der Waals surface area (Å²) in [5, 5.41) is 6.07. The second kappa shape index (κ2) is 6.70. The van der Waals surface area contributed by atoms with E-state index in [-0.39, 0.29) is 5.82 Å². The van der Waals surface area contributed by atoms with E-state index in [1.807, 2.05) is 0 Å². The minimum Gasteiger partial charge on any atom is -0.444 e. The molecule has 20 heavy (non-hydrogen) atoms. The molecule has 5 nitrogen and oxygen atoms in total. The van der Waals surface area contributed by atoms with E-state index in [2.05, 4.69) is 20.6 Å². The summed E-state index contributed by atoms with van der Waals surface area (Å²) in [5.74, 6) is 0.952. The van der Waals surface area contributed by atoms with Crippen molar-refractivity contribution >= 4 is 5.96 Å². The highest BCUT2D eigenvalue weighted by atomic mass is 19.1. The number of halogens is 1. The monoisotopic (exact) mass is 276 g/mol. The number of hydrogen-bond donors (Lipinski definition) is 2. The van der Waals surface area contributed by atoms with Gasteiger partial charge in [0.25, 0.3) is 0 Å². The smallest absolute Gasteiger partial charge is 0.226 e. The maximum atomic E-state index is 12.8. The van der Waals surface area contributed by atoms with Gasteiger partial charge in [-0.05, 0) is 24.3 Å². The number of aliphatic imine (C=N–C) groups is 1. The van der Waals surface area contributed by atoms with Gasteiger partial charge in [0.05, 0.1) is 5.69 Å². The van der Waals surface area contributed by atoms with Crippen LogP contribution in [-0.4, -0.2) is 31.6 Å². The molecule has 0 aliphatic carbocycles. The average molecular weight is 276 g/mol. The van der Waals surface area contributed by atoms with Crippen LogP contribution in [0.5, 0.6) is 0 Å². The number of nitrogens with zero attached hydrogens (tertiary/aromatic N) is 2. The van der Waals surface area contributed by atoms with Gasteiger partial charge in [0.15, 0.2) is 5.96 Å². The molecule has 106 valence electrons. The summed E-state index contributed by atoms with van der Waals surface area (Å²) in [5.41, 5.74) is 1.60. The normalized spacial score (nSPS) is 11.4. The Kier molecular flexibility index (Phi) is 4.70. The van der Waals surface area contributed by atoms with Gasteiger partial charge in [-0.2, -0.15) is 0 Å². The largest absolute Gasteiger partial charge is 0.444 e. The van der Waals surface area contributed by atoms with E-state index in [9.17, 15) is 4.39 Å². The molecule has 0 fully saturated rings. The Balaban J connectivity index is 1.94. The summed E-state index contributed by atoms with van der Waals surface area (Å²) >= 11 is 0. The summed E-state index contributed by atoms with van der Waals surface area (Å²) in [6, 6.07) is 6.06. The Labute approximate surface area is 116 Å². The van der Waals surface area contributed by atoms with E-state index in [1.165, 1.54) is 12.1 Å². The Morgan fingerprint density at radius 2 is 2.10 bits per heavy atom. The maximum Gasteiger partial charge on any atom is 0.226 e. The van der Waals surface area contributed by atoms with E-state index in [4.69, 9.17) is 4.42 Å². The molecule has 0 atom stereocenters. The minimum atomic E-state index is -0.275. The molecule has 0 bridgehead atoms. The molecule has 0 saturated carbocycles. The van der Waals surface area contributed by atoms with Gasteiger partial charge in [-0.3, -0.25) is 4.99 Å². The summed E-state index contributed by atoms with van der Waals surface area (Å²) < 4.78 is 18.2. The maximum absolute atomic E-state index is 12.8. The standard InChI is InChI=1S/C14H17FN4O/c1-16-14(17-2)18-8-7-12-9-20-13(19-12)10-3-5-11(15)6-4-10/h3-6,9H,7-8H2,1-2H3,(H2,16,17,18). The Bertz CT molecular complexity index is 577. The number of nitrogens with one attached hydrogen (secondary N) is 2. The number of hydrogen-bond acceptors (Lipinski definition) is 3. The van der Waals surface area contributed by atoms with Crippen LogP contribution in [0.3, 0.4) is 0 Å². The van der Waals surface area contributed by atoms with Gasteiger partial charge in [0.2, 0.25) is 5.89 Å². The predicted molar refractivity (Wildman–Crippen MR) is 76.0 cm³/mol. The fraction of sp³-hybridized carbons (Fsp3) is 0.286. The highest BCUT2D eigenvalue weighted by Gasteiger charge is 2.06. The fourth-order valence-electron chi connectivity index (χ4n) is 1.74. The van der Waals surface area contributed by atoms with E-state index in [1.54, 1.807) is 32.5 Å². The van der Waals surface area contributed by atoms with Crippen molar-refractivity contribution in [2.24, 2.45) is 4.99 Å². The van der Waals surface area contributed by atoms with Gasteiger partial charge < -0.3 is 15.1 Å². The lowest BCUT2D eigenvalue weighted by Crippen LogP contribution is -2.35. The van der Waals surface area contributed by atoms with Crippen LogP contribution < -0.4 is 10.6 Å². The van der Waals surface area contributed by atoms with E-state index in [0.717, 1.165) is 17.2 Å². The molecule has 0 spiro atoms. The topological polar surface area (TPSA) is 62.5 Å². The van der Waals surface area contributed by atoms with Crippen molar-refractivity contribution in [1.29, 1.82) is 0 Å². The van der Waals surface area contributed by atoms with Crippen LogP contribution in [0.1, 0.15) is 5.69 Å². The lowest BCUT2D eigenvalue weighted by molar-refractivity contribution is 0.571. The first-order valence-corrected chi connectivity index (χ1v) is 6.31. The third-order valence-electron chi connectivity index (χ3n) is 2.78. The molecule has 1 aromatic carbocycles. The molecule has 0 aliphatic rings.